The van der Waals surface area contributed by atoms with E-state index in [1.807, 2.05) is 26.8 Å². The molecule has 0 aromatic carbocycles. The molecule has 2 saturated carbocycles. The first-order valence-corrected chi connectivity index (χ1v) is 10.5. The van der Waals surface area contributed by atoms with Crippen molar-refractivity contribution in [2.24, 2.45) is 23.7 Å². The van der Waals surface area contributed by atoms with Gasteiger partial charge < -0.3 is 9.64 Å². The molecule has 0 radical (unpaired) electrons. The Hall–Kier alpha value is -0.990. The molecule has 3 fully saturated rings. The number of likely N-dealkylation sites (tertiary alicyclic amines) is 1. The maximum absolute atomic E-state index is 12.9. The van der Waals surface area contributed by atoms with Crippen LogP contribution in [0.25, 0.3) is 0 Å². The zero-order valence-electron chi connectivity index (χ0n) is 16.5. The van der Waals surface area contributed by atoms with Gasteiger partial charge in [0.05, 0.1) is 0 Å². The lowest BCUT2D eigenvalue weighted by Gasteiger charge is -2.42. The third kappa shape index (κ3) is 4.23. The van der Waals surface area contributed by atoms with E-state index < -0.39 is 5.60 Å². The first-order chi connectivity index (χ1) is 11.9. The highest BCUT2D eigenvalue weighted by molar-refractivity contribution is 5.69. The summed E-state index contributed by atoms with van der Waals surface area (Å²) < 4.78 is 5.78. The van der Waals surface area contributed by atoms with Gasteiger partial charge in [-0.25, -0.2) is 4.79 Å². The highest BCUT2D eigenvalue weighted by atomic mass is 16.6. The molecule has 3 nitrogen and oxygen atoms in total. The normalized spacial score (nSPS) is 30.7. The fourth-order valence-electron chi connectivity index (χ4n) is 5.15. The molecule has 0 spiro atoms. The topological polar surface area (TPSA) is 29.5 Å². The van der Waals surface area contributed by atoms with Gasteiger partial charge in [0.15, 0.2) is 0 Å². The summed E-state index contributed by atoms with van der Waals surface area (Å²) in [6.45, 7) is 10.7. The zero-order chi connectivity index (χ0) is 18.0. The minimum Gasteiger partial charge on any atom is -0.444 e. The molecule has 3 unspecified atom stereocenters. The van der Waals surface area contributed by atoms with Gasteiger partial charge >= 0.3 is 6.09 Å². The number of allylic oxidation sites excluding steroid dienone is 1. The molecular weight excluding hydrogens is 310 g/mol. The lowest BCUT2D eigenvalue weighted by atomic mass is 9.62. The fourth-order valence-corrected chi connectivity index (χ4v) is 5.15. The Morgan fingerprint density at radius 1 is 1.16 bits per heavy atom. The van der Waals surface area contributed by atoms with Crippen molar-refractivity contribution in [2.75, 3.05) is 6.54 Å². The molecule has 3 atom stereocenters. The Morgan fingerprint density at radius 2 is 1.80 bits per heavy atom. The zero-order valence-corrected chi connectivity index (χ0v) is 16.5. The molecule has 25 heavy (non-hydrogen) atoms. The second-order valence-electron chi connectivity index (χ2n) is 9.54. The number of rotatable bonds is 6. The van der Waals surface area contributed by atoms with Crippen molar-refractivity contribution in [3.63, 3.8) is 0 Å². The van der Waals surface area contributed by atoms with Gasteiger partial charge in [-0.1, -0.05) is 44.6 Å². The number of hydrogen-bond acceptors (Lipinski definition) is 2. The van der Waals surface area contributed by atoms with Crippen LogP contribution in [-0.4, -0.2) is 29.2 Å². The Morgan fingerprint density at radius 3 is 2.28 bits per heavy atom. The average Bonchev–Trinajstić information content (AvgIpc) is 2.73. The molecule has 0 aromatic rings. The largest absolute Gasteiger partial charge is 0.444 e. The summed E-state index contributed by atoms with van der Waals surface area (Å²) in [5, 5.41) is 0. The molecule has 1 aliphatic heterocycles. The van der Waals surface area contributed by atoms with Crippen LogP contribution in [0.3, 0.4) is 0 Å². The van der Waals surface area contributed by atoms with Gasteiger partial charge in [0.25, 0.3) is 0 Å². The van der Waals surface area contributed by atoms with Crippen LogP contribution in [0.4, 0.5) is 4.79 Å². The van der Waals surface area contributed by atoms with Gasteiger partial charge in [0.1, 0.15) is 5.60 Å². The van der Waals surface area contributed by atoms with Crippen molar-refractivity contribution in [3.8, 4) is 0 Å². The lowest BCUT2D eigenvalue weighted by Crippen LogP contribution is -2.43. The summed E-state index contributed by atoms with van der Waals surface area (Å²) in [6, 6.07) is 0.380. The molecule has 1 heterocycles. The number of carbonyl (C=O) groups excluding carboxylic acids is 1. The van der Waals surface area contributed by atoms with E-state index in [9.17, 15) is 4.79 Å². The standard InChI is InChI=1S/C22H37NO2/c1-5-6-7-14-19-20(17-12-9-13-17)18(16-10-8-11-16)15-23(19)21(24)25-22(2,3)4/h5,16-20H,1,6-15H2,2-4H3. The summed E-state index contributed by atoms with van der Waals surface area (Å²) in [5.74, 6) is 3.10. The Balaban J connectivity index is 1.77. The van der Waals surface area contributed by atoms with E-state index in [4.69, 9.17) is 4.74 Å². The van der Waals surface area contributed by atoms with Crippen molar-refractivity contribution >= 4 is 6.09 Å². The van der Waals surface area contributed by atoms with Gasteiger partial charge in [-0.15, -0.1) is 6.58 Å². The highest BCUT2D eigenvalue weighted by Crippen LogP contribution is 2.51. The van der Waals surface area contributed by atoms with Crippen LogP contribution in [0, 0.1) is 23.7 Å². The number of ether oxygens (including phenoxy) is 1. The number of carbonyl (C=O) groups is 1. The number of unbranched alkanes of at least 4 members (excludes halogenated alkanes) is 1. The SMILES string of the molecule is C=CCCCC1C(C2CCC2)C(C2CCC2)CN1C(=O)OC(C)(C)C. The van der Waals surface area contributed by atoms with E-state index in [-0.39, 0.29) is 6.09 Å². The summed E-state index contributed by atoms with van der Waals surface area (Å²) in [4.78, 5) is 15.1. The summed E-state index contributed by atoms with van der Waals surface area (Å²) in [5.41, 5.74) is -0.413. The maximum atomic E-state index is 12.9. The maximum Gasteiger partial charge on any atom is 0.410 e. The predicted octanol–water partition coefficient (Wildman–Crippen LogP) is 5.79. The van der Waals surface area contributed by atoms with Crippen molar-refractivity contribution in [3.05, 3.63) is 12.7 Å². The summed E-state index contributed by atoms with van der Waals surface area (Å²) >= 11 is 0. The van der Waals surface area contributed by atoms with Crippen molar-refractivity contribution < 1.29 is 9.53 Å². The van der Waals surface area contributed by atoms with E-state index in [0.29, 0.717) is 17.9 Å². The van der Waals surface area contributed by atoms with Crippen LogP contribution in [-0.2, 0) is 4.74 Å². The minimum atomic E-state index is -0.413. The van der Waals surface area contributed by atoms with Gasteiger partial charge in [0, 0.05) is 12.6 Å². The third-order valence-electron chi connectivity index (χ3n) is 6.73. The Bertz CT molecular complexity index is 473. The average molecular weight is 348 g/mol. The van der Waals surface area contributed by atoms with Gasteiger partial charge in [-0.3, -0.25) is 0 Å². The van der Waals surface area contributed by atoms with E-state index in [2.05, 4.69) is 11.5 Å². The fraction of sp³-hybridized carbons (Fsp3) is 0.864. The first-order valence-electron chi connectivity index (χ1n) is 10.5. The monoisotopic (exact) mass is 347 g/mol. The molecule has 2 aliphatic carbocycles. The molecule has 0 aromatic heterocycles. The molecule has 0 bridgehead atoms. The molecular formula is C22H37NO2. The van der Waals surface area contributed by atoms with Crippen molar-refractivity contribution in [1.82, 2.24) is 4.90 Å². The summed E-state index contributed by atoms with van der Waals surface area (Å²) in [6.07, 6.45) is 13.5. The quantitative estimate of drug-likeness (QED) is 0.449. The number of nitrogens with zero attached hydrogens (tertiary/aromatic N) is 1. The smallest absolute Gasteiger partial charge is 0.410 e. The molecule has 3 aliphatic rings. The van der Waals surface area contributed by atoms with E-state index in [1.165, 1.54) is 38.5 Å². The lowest BCUT2D eigenvalue weighted by molar-refractivity contribution is 0.0166. The minimum absolute atomic E-state index is 0.0812. The molecule has 3 rings (SSSR count). The van der Waals surface area contributed by atoms with E-state index in [1.54, 1.807) is 0 Å². The van der Waals surface area contributed by atoms with E-state index >= 15 is 0 Å². The van der Waals surface area contributed by atoms with Crippen LogP contribution < -0.4 is 0 Å². The van der Waals surface area contributed by atoms with Crippen LogP contribution >= 0.6 is 0 Å². The molecule has 1 amide bonds. The van der Waals surface area contributed by atoms with Crippen LogP contribution in [0.1, 0.15) is 78.6 Å². The second kappa shape index (κ2) is 7.72. The third-order valence-corrected chi connectivity index (χ3v) is 6.73. The molecule has 3 heteroatoms. The number of hydrogen-bond donors (Lipinski definition) is 0. The van der Waals surface area contributed by atoms with Crippen LogP contribution in [0.15, 0.2) is 12.7 Å². The highest BCUT2D eigenvalue weighted by Gasteiger charge is 2.51. The van der Waals surface area contributed by atoms with Crippen molar-refractivity contribution in [1.29, 1.82) is 0 Å². The van der Waals surface area contributed by atoms with Gasteiger partial charge in [0.2, 0.25) is 0 Å². The first kappa shape index (κ1) is 18.8. The van der Waals surface area contributed by atoms with Gasteiger partial charge in [-0.2, -0.15) is 0 Å². The summed E-state index contributed by atoms with van der Waals surface area (Å²) in [7, 11) is 0. The van der Waals surface area contributed by atoms with Crippen LogP contribution in [0.5, 0.6) is 0 Å². The van der Waals surface area contributed by atoms with Crippen molar-refractivity contribution in [2.45, 2.75) is 90.2 Å². The Labute approximate surface area is 154 Å². The van der Waals surface area contributed by atoms with E-state index in [0.717, 1.165) is 37.6 Å². The van der Waals surface area contributed by atoms with Gasteiger partial charge in [-0.05, 0) is 63.7 Å². The second-order valence-corrected chi connectivity index (χ2v) is 9.54. The number of amides is 1. The van der Waals surface area contributed by atoms with Crippen LogP contribution in [0.2, 0.25) is 0 Å². The Kier molecular flexibility index (Phi) is 5.80. The molecule has 0 N–H and O–H groups in total. The molecule has 142 valence electrons. The predicted molar refractivity (Wildman–Crippen MR) is 102 cm³/mol. The molecule has 1 saturated heterocycles.